The zero-order chi connectivity index (χ0) is 19.9. The van der Waals surface area contributed by atoms with Gasteiger partial charge in [0.05, 0.1) is 16.6 Å². The molecule has 0 saturated heterocycles. The Morgan fingerprint density at radius 1 is 1.04 bits per heavy atom. The maximum atomic E-state index is 13.1. The van der Waals surface area contributed by atoms with Crippen molar-refractivity contribution in [3.63, 3.8) is 0 Å². The van der Waals surface area contributed by atoms with Gasteiger partial charge in [-0.25, -0.2) is 8.42 Å². The minimum atomic E-state index is -3.46. The number of sulfone groups is 1. The van der Waals surface area contributed by atoms with Gasteiger partial charge in [-0.1, -0.05) is 62.2 Å². The summed E-state index contributed by atoms with van der Waals surface area (Å²) < 4.78 is 24.4. The molecule has 2 N–H and O–H groups in total. The van der Waals surface area contributed by atoms with Gasteiger partial charge in [0.1, 0.15) is 0 Å². The van der Waals surface area contributed by atoms with Gasteiger partial charge >= 0.3 is 0 Å². The van der Waals surface area contributed by atoms with Crippen molar-refractivity contribution in [3.05, 3.63) is 60.2 Å². The number of hydrogen-bond acceptors (Lipinski definition) is 4. The minimum absolute atomic E-state index is 0.154. The van der Waals surface area contributed by atoms with Crippen molar-refractivity contribution in [1.82, 2.24) is 0 Å². The molecular formula is C21H28N2O3S. The van der Waals surface area contributed by atoms with E-state index < -0.39 is 15.9 Å². The van der Waals surface area contributed by atoms with Crippen LogP contribution < -0.4 is 10.6 Å². The number of carbonyl (C=O) groups excluding carboxylic acids is 1. The van der Waals surface area contributed by atoms with Crippen LogP contribution in [-0.4, -0.2) is 33.2 Å². The minimum Gasteiger partial charge on any atom is -0.320 e. The first kappa shape index (κ1) is 21.1. The number of amides is 1. The second kappa shape index (κ2) is 9.67. The molecule has 0 bridgehead atoms. The molecule has 2 rings (SSSR count). The summed E-state index contributed by atoms with van der Waals surface area (Å²) in [5, 5.41) is 0. The fourth-order valence-electron chi connectivity index (χ4n) is 3.02. The van der Waals surface area contributed by atoms with E-state index in [1.807, 2.05) is 30.3 Å². The Hall–Kier alpha value is -2.18. The van der Waals surface area contributed by atoms with Crippen LogP contribution in [0.4, 0.5) is 5.69 Å². The third-order valence-corrected chi connectivity index (χ3v) is 5.57. The van der Waals surface area contributed by atoms with Crippen molar-refractivity contribution in [2.45, 2.75) is 43.5 Å². The molecule has 5 nitrogen and oxygen atoms in total. The predicted octanol–water partition coefficient (Wildman–Crippen LogP) is 3.18. The highest BCUT2D eigenvalue weighted by atomic mass is 32.2. The molecular weight excluding hydrogens is 360 g/mol. The van der Waals surface area contributed by atoms with Gasteiger partial charge < -0.3 is 10.6 Å². The summed E-state index contributed by atoms with van der Waals surface area (Å²) in [5.41, 5.74) is 7.59. The number of anilines is 1. The molecule has 6 heteroatoms. The zero-order valence-electron chi connectivity index (χ0n) is 16.0. The van der Waals surface area contributed by atoms with E-state index in [0.717, 1.165) is 31.1 Å². The molecule has 0 unspecified atom stereocenters. The Morgan fingerprint density at radius 3 is 2.30 bits per heavy atom. The number of carbonyl (C=O) groups is 1. The summed E-state index contributed by atoms with van der Waals surface area (Å²) >= 11 is 0. The molecule has 1 amide bonds. The molecule has 0 heterocycles. The quantitative estimate of drug-likeness (QED) is 0.669. The normalized spacial score (nSPS) is 12.6. The van der Waals surface area contributed by atoms with E-state index in [9.17, 15) is 13.2 Å². The zero-order valence-corrected chi connectivity index (χ0v) is 16.8. The fraction of sp³-hybridized carbons (Fsp3) is 0.381. The molecule has 2 aromatic carbocycles. The van der Waals surface area contributed by atoms with Crippen LogP contribution in [0, 0.1) is 0 Å². The standard InChI is InChI=1S/C21H28N2O3S/c1-3-4-10-15-23(19-13-8-9-14-20(19)27(2,25)26)21(24)18(22)16-17-11-6-5-7-12-17/h5-9,11-14,18H,3-4,10,15-16,22H2,1-2H3/t18-/m0/s1. The van der Waals surface area contributed by atoms with Crippen molar-refractivity contribution >= 4 is 21.4 Å². The highest BCUT2D eigenvalue weighted by Gasteiger charge is 2.26. The van der Waals surface area contributed by atoms with E-state index in [2.05, 4.69) is 6.92 Å². The second-order valence-corrected chi connectivity index (χ2v) is 8.72. The Balaban J connectivity index is 2.33. The lowest BCUT2D eigenvalue weighted by Crippen LogP contribution is -2.46. The van der Waals surface area contributed by atoms with E-state index in [1.165, 1.54) is 6.07 Å². The molecule has 0 fully saturated rings. The topological polar surface area (TPSA) is 80.5 Å². The number of para-hydroxylation sites is 1. The molecule has 2 aromatic rings. The molecule has 0 aromatic heterocycles. The van der Waals surface area contributed by atoms with Crippen LogP contribution in [-0.2, 0) is 21.1 Å². The van der Waals surface area contributed by atoms with Gasteiger partial charge in [-0.2, -0.15) is 0 Å². The van der Waals surface area contributed by atoms with Crippen molar-refractivity contribution < 1.29 is 13.2 Å². The summed E-state index contributed by atoms with van der Waals surface area (Å²) in [4.78, 5) is 14.8. The third-order valence-electron chi connectivity index (χ3n) is 4.42. The SMILES string of the molecule is CCCCCN(C(=O)[C@@H](N)Cc1ccccc1)c1ccccc1S(C)(=O)=O. The second-order valence-electron chi connectivity index (χ2n) is 6.73. The molecule has 0 saturated carbocycles. The van der Waals surface area contributed by atoms with E-state index in [-0.39, 0.29) is 10.8 Å². The molecule has 146 valence electrons. The first-order valence-corrected chi connectivity index (χ1v) is 11.1. The summed E-state index contributed by atoms with van der Waals surface area (Å²) in [7, 11) is -3.46. The summed E-state index contributed by atoms with van der Waals surface area (Å²) in [5.74, 6) is -0.258. The lowest BCUT2D eigenvalue weighted by Gasteiger charge is -2.27. The van der Waals surface area contributed by atoms with Crippen molar-refractivity contribution in [2.24, 2.45) is 5.73 Å². The van der Waals surface area contributed by atoms with E-state index in [0.29, 0.717) is 18.7 Å². The smallest absolute Gasteiger partial charge is 0.244 e. The number of nitrogens with two attached hydrogens (primary N) is 1. The molecule has 0 aliphatic carbocycles. The van der Waals surface area contributed by atoms with Gasteiger partial charge in [-0.3, -0.25) is 4.79 Å². The van der Waals surface area contributed by atoms with E-state index >= 15 is 0 Å². The molecule has 0 radical (unpaired) electrons. The highest BCUT2D eigenvalue weighted by Crippen LogP contribution is 2.26. The van der Waals surface area contributed by atoms with Crippen LogP contribution in [0.3, 0.4) is 0 Å². The molecule has 27 heavy (non-hydrogen) atoms. The summed E-state index contributed by atoms with van der Waals surface area (Å²) in [6, 6.07) is 15.5. The molecule has 0 spiro atoms. The molecule has 1 atom stereocenters. The van der Waals surface area contributed by atoms with Crippen LogP contribution in [0.15, 0.2) is 59.5 Å². The van der Waals surface area contributed by atoms with Crippen LogP contribution in [0.1, 0.15) is 31.7 Å². The maximum Gasteiger partial charge on any atom is 0.244 e. The Bertz CT molecular complexity index is 851. The monoisotopic (exact) mass is 388 g/mol. The number of benzene rings is 2. The average molecular weight is 389 g/mol. The first-order valence-electron chi connectivity index (χ1n) is 9.24. The maximum absolute atomic E-state index is 13.1. The summed E-state index contributed by atoms with van der Waals surface area (Å²) in [6.07, 6.45) is 4.32. The average Bonchev–Trinajstić information content (AvgIpc) is 2.65. The number of hydrogen-bond donors (Lipinski definition) is 1. The van der Waals surface area contributed by atoms with E-state index in [4.69, 9.17) is 5.73 Å². The Morgan fingerprint density at radius 2 is 1.67 bits per heavy atom. The van der Waals surface area contributed by atoms with Gasteiger partial charge in [0.15, 0.2) is 9.84 Å². The van der Waals surface area contributed by atoms with Crippen molar-refractivity contribution in [2.75, 3.05) is 17.7 Å². The lowest BCUT2D eigenvalue weighted by molar-refractivity contribution is -0.119. The van der Waals surface area contributed by atoms with Gasteiger partial charge in [0.25, 0.3) is 0 Å². The number of nitrogens with zero attached hydrogens (tertiary/aromatic N) is 1. The Kier molecular flexibility index (Phi) is 7.56. The molecule has 0 aliphatic heterocycles. The predicted molar refractivity (Wildman–Crippen MR) is 110 cm³/mol. The van der Waals surface area contributed by atoms with Gasteiger partial charge in [-0.15, -0.1) is 0 Å². The van der Waals surface area contributed by atoms with Gasteiger partial charge in [-0.05, 0) is 30.5 Å². The fourth-order valence-corrected chi connectivity index (χ4v) is 3.90. The van der Waals surface area contributed by atoms with Crippen molar-refractivity contribution in [1.29, 1.82) is 0 Å². The summed E-state index contributed by atoms with van der Waals surface area (Å²) in [6.45, 7) is 2.53. The number of unbranched alkanes of at least 4 members (excludes halogenated alkanes) is 2. The first-order chi connectivity index (χ1) is 12.8. The van der Waals surface area contributed by atoms with E-state index in [1.54, 1.807) is 23.1 Å². The van der Waals surface area contributed by atoms with Gasteiger partial charge in [0, 0.05) is 12.8 Å². The lowest BCUT2D eigenvalue weighted by atomic mass is 10.0. The van der Waals surface area contributed by atoms with Crippen molar-refractivity contribution in [3.8, 4) is 0 Å². The van der Waals surface area contributed by atoms with Crippen LogP contribution in [0.5, 0.6) is 0 Å². The van der Waals surface area contributed by atoms with Crippen LogP contribution in [0.2, 0.25) is 0 Å². The molecule has 0 aliphatic rings. The van der Waals surface area contributed by atoms with Crippen LogP contribution in [0.25, 0.3) is 0 Å². The highest BCUT2D eigenvalue weighted by molar-refractivity contribution is 7.90. The van der Waals surface area contributed by atoms with Crippen LogP contribution >= 0.6 is 0 Å². The largest absolute Gasteiger partial charge is 0.320 e. The Labute approximate surface area is 162 Å². The van der Waals surface area contributed by atoms with Gasteiger partial charge in [0.2, 0.25) is 5.91 Å². The third kappa shape index (κ3) is 5.91. The number of rotatable bonds is 9.